The lowest BCUT2D eigenvalue weighted by atomic mass is 9.82. The van der Waals surface area contributed by atoms with Gasteiger partial charge in [-0.15, -0.1) is 0 Å². The summed E-state index contributed by atoms with van der Waals surface area (Å²) in [6.07, 6.45) is 1.48. The van der Waals surface area contributed by atoms with Gasteiger partial charge in [-0.2, -0.15) is 8.78 Å². The van der Waals surface area contributed by atoms with Crippen molar-refractivity contribution in [2.24, 2.45) is 5.73 Å². The Morgan fingerprint density at radius 1 is 1.12 bits per heavy atom. The molecule has 1 fully saturated rings. The first-order valence-electron chi connectivity index (χ1n) is 13.4. The fourth-order valence-corrected chi connectivity index (χ4v) is 6.19. The molecule has 7 nitrogen and oxygen atoms in total. The van der Waals surface area contributed by atoms with Crippen molar-refractivity contribution >= 4 is 17.5 Å². The Kier molecular flexibility index (Phi) is 8.66. The van der Waals surface area contributed by atoms with E-state index in [4.69, 9.17) is 26.8 Å². The van der Waals surface area contributed by atoms with E-state index in [1.165, 1.54) is 19.2 Å². The molecular weight excluding hydrogens is 580 g/mol. The highest BCUT2D eigenvalue weighted by Gasteiger charge is 2.52. The van der Waals surface area contributed by atoms with Gasteiger partial charge in [0.1, 0.15) is 16.9 Å². The number of hydrogen-bond donors (Lipinski definition) is 3. The molecule has 1 aliphatic carbocycles. The first kappa shape index (κ1) is 30.1. The number of benzene rings is 3. The number of rotatable bonds is 9. The summed E-state index contributed by atoms with van der Waals surface area (Å²) in [5, 5.41) is 12.3. The molecule has 3 aromatic carbocycles. The van der Waals surface area contributed by atoms with E-state index in [1.54, 1.807) is 6.07 Å². The maximum absolute atomic E-state index is 16.0. The number of aliphatic hydroxyl groups excluding tert-OH is 1. The number of amides is 1. The lowest BCUT2D eigenvalue weighted by Crippen LogP contribution is -2.49. The van der Waals surface area contributed by atoms with E-state index >= 15 is 8.78 Å². The van der Waals surface area contributed by atoms with Crippen LogP contribution in [0.2, 0.25) is 5.02 Å². The van der Waals surface area contributed by atoms with Crippen molar-refractivity contribution in [2.75, 3.05) is 13.7 Å². The van der Waals surface area contributed by atoms with Crippen LogP contribution in [0, 0.1) is 11.6 Å². The van der Waals surface area contributed by atoms with Crippen LogP contribution in [0.25, 0.3) is 11.1 Å². The van der Waals surface area contributed by atoms with Gasteiger partial charge >= 0.3 is 6.61 Å². The van der Waals surface area contributed by atoms with Crippen molar-refractivity contribution in [2.45, 2.75) is 56.1 Å². The van der Waals surface area contributed by atoms with Gasteiger partial charge < -0.3 is 30.4 Å². The SMILES string of the molecule is CO[C@H]1c2c(cccc2-c2c(F)c(OC(F)F)c(Cl)c(F)c2C(N)=O)O[C@]1(CN[C@H]1CC[C@@H](O)CC1)c1ccccc1. The Morgan fingerprint density at radius 2 is 1.81 bits per heavy atom. The summed E-state index contributed by atoms with van der Waals surface area (Å²) in [5.74, 6) is -5.38. The smallest absolute Gasteiger partial charge is 0.387 e. The van der Waals surface area contributed by atoms with Gasteiger partial charge in [0.2, 0.25) is 0 Å². The average Bonchev–Trinajstić information content (AvgIpc) is 3.31. The second-order valence-electron chi connectivity index (χ2n) is 10.3. The van der Waals surface area contributed by atoms with Gasteiger partial charge in [-0.05, 0) is 42.9 Å². The zero-order chi connectivity index (χ0) is 30.2. The fraction of sp³-hybridized carbons (Fsp3) is 0.367. The molecule has 224 valence electrons. The Morgan fingerprint density at radius 3 is 2.43 bits per heavy atom. The van der Waals surface area contributed by atoms with Crippen molar-refractivity contribution in [1.29, 1.82) is 0 Å². The molecule has 42 heavy (non-hydrogen) atoms. The highest BCUT2D eigenvalue weighted by Crippen LogP contribution is 2.55. The molecule has 1 saturated carbocycles. The second-order valence-corrected chi connectivity index (χ2v) is 10.7. The quantitative estimate of drug-likeness (QED) is 0.208. The number of nitrogens with two attached hydrogens (primary N) is 1. The molecule has 1 heterocycles. The summed E-state index contributed by atoms with van der Waals surface area (Å²) in [5.41, 5.74) is 3.48. The number of hydrogen-bond acceptors (Lipinski definition) is 6. The summed E-state index contributed by atoms with van der Waals surface area (Å²) in [4.78, 5) is 12.4. The van der Waals surface area contributed by atoms with Crippen LogP contribution in [0.5, 0.6) is 11.5 Å². The minimum Gasteiger partial charge on any atom is -0.478 e. The van der Waals surface area contributed by atoms with Crippen LogP contribution in [-0.4, -0.2) is 43.4 Å². The lowest BCUT2D eigenvalue weighted by molar-refractivity contribution is -0.0577. The van der Waals surface area contributed by atoms with Gasteiger partial charge in [0.05, 0.1) is 11.7 Å². The van der Waals surface area contributed by atoms with Gasteiger partial charge in [0, 0.05) is 30.8 Å². The van der Waals surface area contributed by atoms with E-state index in [9.17, 15) is 18.7 Å². The number of primary amides is 1. The summed E-state index contributed by atoms with van der Waals surface area (Å²) < 4.78 is 74.5. The Balaban J connectivity index is 1.68. The molecule has 1 aliphatic heterocycles. The van der Waals surface area contributed by atoms with E-state index < -0.39 is 57.8 Å². The molecule has 1 amide bonds. The Labute approximate surface area is 244 Å². The van der Waals surface area contributed by atoms with Crippen molar-refractivity contribution in [3.8, 4) is 22.6 Å². The molecular formula is C30H29ClF4N2O5. The molecule has 0 bridgehead atoms. The van der Waals surface area contributed by atoms with Crippen molar-refractivity contribution in [3.63, 3.8) is 0 Å². The van der Waals surface area contributed by atoms with Gasteiger partial charge in [0.25, 0.3) is 5.91 Å². The van der Waals surface area contributed by atoms with Crippen LogP contribution in [0.1, 0.15) is 53.3 Å². The van der Waals surface area contributed by atoms with Gasteiger partial charge in [-0.25, -0.2) is 8.78 Å². The molecule has 2 aliphatic rings. The fourth-order valence-electron chi connectivity index (χ4n) is 5.97. The largest absolute Gasteiger partial charge is 0.478 e. The standard InChI is InChI=1S/C30H29ClF4N2O5/c1-40-27-20-18(21-22(28(36)39)24(32)23(31)26(25(21)33)41-29(34)35)8-5-9-19(20)42-30(27,15-6-3-2-4-7-15)14-37-16-10-12-17(38)13-11-16/h2-9,16-17,27,29,37-38H,10-14H2,1H3,(H2,36,39)/t16-,17+,27-,30+/m0/s1. The summed E-state index contributed by atoms with van der Waals surface area (Å²) in [6, 6.07) is 13.7. The van der Waals surface area contributed by atoms with Gasteiger partial charge in [-0.3, -0.25) is 4.79 Å². The normalized spacial score (nSPS) is 23.5. The maximum Gasteiger partial charge on any atom is 0.387 e. The van der Waals surface area contributed by atoms with E-state index in [0.29, 0.717) is 18.4 Å². The third kappa shape index (κ3) is 5.30. The number of halogens is 5. The van der Waals surface area contributed by atoms with E-state index in [2.05, 4.69) is 10.1 Å². The van der Waals surface area contributed by atoms with Crippen LogP contribution >= 0.6 is 11.6 Å². The molecule has 3 aromatic rings. The van der Waals surface area contributed by atoms with Crippen LogP contribution in [0.4, 0.5) is 17.6 Å². The van der Waals surface area contributed by atoms with Crippen LogP contribution in [0.15, 0.2) is 48.5 Å². The van der Waals surface area contributed by atoms with E-state index in [-0.39, 0.29) is 35.6 Å². The second kappa shape index (κ2) is 12.1. The highest BCUT2D eigenvalue weighted by atomic mass is 35.5. The van der Waals surface area contributed by atoms with E-state index in [1.807, 2.05) is 30.3 Å². The number of methoxy groups -OCH3 is 1. The summed E-state index contributed by atoms with van der Waals surface area (Å²) in [7, 11) is 1.42. The predicted octanol–water partition coefficient (Wildman–Crippen LogP) is 5.85. The maximum atomic E-state index is 16.0. The number of nitrogens with one attached hydrogen (secondary N) is 1. The minimum atomic E-state index is -3.53. The van der Waals surface area contributed by atoms with Crippen molar-refractivity contribution < 1.29 is 41.7 Å². The first-order chi connectivity index (χ1) is 20.1. The molecule has 0 unspecified atom stereocenters. The molecule has 0 radical (unpaired) electrons. The number of carbonyl (C=O) groups excluding carboxylic acids is 1. The third-order valence-electron chi connectivity index (χ3n) is 7.90. The number of aliphatic hydroxyl groups is 1. The molecule has 2 atom stereocenters. The molecule has 5 rings (SSSR count). The van der Waals surface area contributed by atoms with Crippen LogP contribution < -0.4 is 20.5 Å². The third-order valence-corrected chi connectivity index (χ3v) is 8.23. The Bertz CT molecular complexity index is 1470. The molecule has 0 aromatic heterocycles. The summed E-state index contributed by atoms with van der Waals surface area (Å²) in [6.45, 7) is -3.30. The number of ether oxygens (including phenoxy) is 3. The van der Waals surface area contributed by atoms with Crippen LogP contribution in [0.3, 0.4) is 0 Å². The van der Waals surface area contributed by atoms with E-state index in [0.717, 1.165) is 12.8 Å². The monoisotopic (exact) mass is 608 g/mol. The topological polar surface area (TPSA) is 103 Å². The van der Waals surface area contributed by atoms with Crippen molar-refractivity contribution in [3.05, 3.63) is 81.9 Å². The number of carbonyl (C=O) groups is 1. The molecule has 4 N–H and O–H groups in total. The molecule has 12 heteroatoms. The first-order valence-corrected chi connectivity index (χ1v) is 13.7. The zero-order valence-electron chi connectivity index (χ0n) is 22.5. The zero-order valence-corrected chi connectivity index (χ0v) is 23.3. The predicted molar refractivity (Wildman–Crippen MR) is 147 cm³/mol. The van der Waals surface area contributed by atoms with Gasteiger partial charge in [0.15, 0.2) is 23.0 Å². The lowest BCUT2D eigenvalue weighted by Gasteiger charge is -2.37. The highest BCUT2D eigenvalue weighted by molar-refractivity contribution is 6.33. The number of fused-ring (bicyclic) bond motifs is 1. The minimum absolute atomic E-state index is 0.0704. The number of alkyl halides is 2. The average molecular weight is 609 g/mol. The molecule has 0 saturated heterocycles. The molecule has 0 spiro atoms. The Hall–Kier alpha value is -3.38. The summed E-state index contributed by atoms with van der Waals surface area (Å²) >= 11 is 5.82. The van der Waals surface area contributed by atoms with Crippen molar-refractivity contribution in [1.82, 2.24) is 5.32 Å². The van der Waals surface area contributed by atoms with Crippen LogP contribution in [-0.2, 0) is 10.3 Å². The van der Waals surface area contributed by atoms with Gasteiger partial charge in [-0.1, -0.05) is 54.1 Å².